The zero-order valence-corrected chi connectivity index (χ0v) is 11.0. The molecule has 0 aromatic heterocycles. The molecule has 1 saturated carbocycles. The molecule has 7 heteroatoms. The van der Waals surface area contributed by atoms with E-state index in [2.05, 4.69) is 0 Å². The lowest BCUT2D eigenvalue weighted by atomic mass is 9.91. The fourth-order valence-corrected chi connectivity index (χ4v) is 2.34. The number of hydrogen-bond acceptors (Lipinski definition) is 4. The fourth-order valence-electron chi connectivity index (χ4n) is 1.93. The third-order valence-corrected chi connectivity index (χ3v) is 3.37. The van der Waals surface area contributed by atoms with E-state index in [0.29, 0.717) is 13.0 Å². The molecular formula is C12H13ClFNO4. The average molecular weight is 290 g/mol. The first-order valence-electron chi connectivity index (χ1n) is 5.89. The average Bonchev–Trinajstić information content (AvgIpc) is 2.35. The maximum Gasteiger partial charge on any atom is 0.305 e. The topological polar surface area (TPSA) is 61.6 Å². The first kappa shape index (κ1) is 14.0. The molecule has 3 unspecified atom stereocenters. The Hall–Kier alpha value is -1.40. The molecule has 1 aliphatic rings. The zero-order chi connectivity index (χ0) is 14.0. The van der Waals surface area contributed by atoms with Gasteiger partial charge in [0.25, 0.3) is 0 Å². The number of benzene rings is 1. The highest BCUT2D eigenvalue weighted by atomic mass is 35.5. The summed E-state index contributed by atoms with van der Waals surface area (Å²) in [4.78, 5) is 9.71. The van der Waals surface area contributed by atoms with Crippen molar-refractivity contribution in [2.45, 2.75) is 30.9 Å². The predicted molar refractivity (Wildman–Crippen MR) is 67.1 cm³/mol. The summed E-state index contributed by atoms with van der Waals surface area (Å²) in [6, 6.07) is 3.45. The van der Waals surface area contributed by atoms with Crippen molar-refractivity contribution >= 4 is 17.3 Å². The number of rotatable bonds is 5. The minimum Gasteiger partial charge on any atom is -0.487 e. The van der Waals surface area contributed by atoms with Gasteiger partial charge in [-0.3, -0.25) is 10.1 Å². The van der Waals surface area contributed by atoms with Crippen LogP contribution in [0.25, 0.3) is 0 Å². The summed E-state index contributed by atoms with van der Waals surface area (Å²) in [7, 11) is 0. The number of nitro groups is 1. The minimum atomic E-state index is -0.919. The van der Waals surface area contributed by atoms with Crippen molar-refractivity contribution in [2.24, 2.45) is 0 Å². The Morgan fingerprint density at radius 2 is 2.32 bits per heavy atom. The first-order chi connectivity index (χ1) is 9.02. The summed E-state index contributed by atoms with van der Waals surface area (Å²) in [5.41, 5.74) is -0.572. The summed E-state index contributed by atoms with van der Waals surface area (Å²) in [5, 5.41) is 10.4. The molecule has 0 radical (unpaired) electrons. The molecule has 0 amide bonds. The molecule has 0 spiro atoms. The van der Waals surface area contributed by atoms with Crippen molar-refractivity contribution in [1.29, 1.82) is 0 Å². The van der Waals surface area contributed by atoms with Crippen LogP contribution >= 0.6 is 11.6 Å². The second-order valence-electron chi connectivity index (χ2n) is 4.20. The minimum absolute atomic E-state index is 0.118. The quantitative estimate of drug-likeness (QED) is 0.475. The van der Waals surface area contributed by atoms with Gasteiger partial charge in [-0.25, -0.2) is 0 Å². The summed E-state index contributed by atoms with van der Waals surface area (Å²) in [6.07, 6.45) is 0.124. The number of hydrogen-bond donors (Lipinski definition) is 0. The van der Waals surface area contributed by atoms with Gasteiger partial charge in [0.1, 0.15) is 18.0 Å². The van der Waals surface area contributed by atoms with Crippen LogP contribution in [0.5, 0.6) is 5.75 Å². The van der Waals surface area contributed by atoms with Crippen LogP contribution in [0, 0.1) is 15.9 Å². The summed E-state index contributed by atoms with van der Waals surface area (Å²) < 4.78 is 24.4. The number of halogens is 2. The van der Waals surface area contributed by atoms with E-state index in [4.69, 9.17) is 21.1 Å². The van der Waals surface area contributed by atoms with Gasteiger partial charge in [-0.15, -0.1) is 11.6 Å². The number of nitro benzene ring substituents is 1. The summed E-state index contributed by atoms with van der Waals surface area (Å²) in [6.45, 7) is 2.37. The van der Waals surface area contributed by atoms with Crippen LogP contribution in [0.2, 0.25) is 0 Å². The maximum absolute atomic E-state index is 13.4. The van der Waals surface area contributed by atoms with Gasteiger partial charge in [0.15, 0.2) is 0 Å². The maximum atomic E-state index is 13.4. The van der Waals surface area contributed by atoms with Gasteiger partial charge >= 0.3 is 5.69 Å². The third kappa shape index (κ3) is 2.96. The van der Waals surface area contributed by atoms with Gasteiger partial charge < -0.3 is 9.47 Å². The number of ether oxygens (including phenoxy) is 2. The van der Waals surface area contributed by atoms with Crippen molar-refractivity contribution in [3.8, 4) is 5.75 Å². The molecule has 104 valence electrons. The van der Waals surface area contributed by atoms with E-state index >= 15 is 0 Å². The number of nitrogens with zero attached hydrogens (tertiary/aromatic N) is 1. The first-order valence-corrected chi connectivity index (χ1v) is 6.32. The normalized spacial score (nSPS) is 25.7. The van der Waals surface area contributed by atoms with Crippen LogP contribution in [0.3, 0.4) is 0 Å². The Kier molecular flexibility index (Phi) is 4.21. The van der Waals surface area contributed by atoms with Gasteiger partial charge in [-0.05, 0) is 13.0 Å². The van der Waals surface area contributed by atoms with E-state index in [1.165, 1.54) is 6.07 Å². The highest BCUT2D eigenvalue weighted by Gasteiger charge is 2.42. The van der Waals surface area contributed by atoms with Gasteiger partial charge in [-0.1, -0.05) is 0 Å². The Morgan fingerprint density at radius 1 is 1.58 bits per heavy atom. The SMILES string of the molecule is CCOC1C(Cl)CC1Oc1ccc([N+](=O)[O-])c(F)c1. The molecule has 0 bridgehead atoms. The molecule has 19 heavy (non-hydrogen) atoms. The van der Waals surface area contributed by atoms with Gasteiger partial charge in [-0.2, -0.15) is 4.39 Å². The highest BCUT2D eigenvalue weighted by molar-refractivity contribution is 6.21. The lowest BCUT2D eigenvalue weighted by Gasteiger charge is -2.40. The fraction of sp³-hybridized carbons (Fsp3) is 0.500. The van der Waals surface area contributed by atoms with E-state index < -0.39 is 16.4 Å². The van der Waals surface area contributed by atoms with Crippen LogP contribution in [0.4, 0.5) is 10.1 Å². The lowest BCUT2D eigenvalue weighted by molar-refractivity contribution is -0.387. The van der Waals surface area contributed by atoms with E-state index in [-0.39, 0.29) is 23.3 Å². The Labute approximate surface area is 114 Å². The van der Waals surface area contributed by atoms with E-state index in [1.54, 1.807) is 0 Å². The summed E-state index contributed by atoms with van der Waals surface area (Å²) >= 11 is 5.98. The molecule has 0 aliphatic heterocycles. The molecule has 2 rings (SSSR count). The molecule has 0 heterocycles. The second-order valence-corrected chi connectivity index (χ2v) is 4.76. The standard InChI is InChI=1S/C12H13ClFNO4/c1-2-18-12-8(13)6-11(12)19-7-3-4-10(15(16)17)9(14)5-7/h3-5,8,11-12H,2,6H2,1H3. The highest BCUT2D eigenvalue weighted by Crippen LogP contribution is 2.33. The predicted octanol–water partition coefficient (Wildman–Crippen LogP) is 2.90. The van der Waals surface area contributed by atoms with Gasteiger partial charge in [0.2, 0.25) is 5.82 Å². The van der Waals surface area contributed by atoms with Crippen molar-refractivity contribution in [1.82, 2.24) is 0 Å². The second kappa shape index (κ2) is 5.71. The number of alkyl halides is 1. The molecule has 5 nitrogen and oxygen atoms in total. The molecule has 1 aliphatic carbocycles. The molecule has 1 fully saturated rings. The van der Waals surface area contributed by atoms with Crippen LogP contribution in [0.15, 0.2) is 18.2 Å². The van der Waals surface area contributed by atoms with E-state index in [0.717, 1.165) is 12.1 Å². The smallest absolute Gasteiger partial charge is 0.305 e. The van der Waals surface area contributed by atoms with Gasteiger partial charge in [0, 0.05) is 25.2 Å². The van der Waals surface area contributed by atoms with Crippen molar-refractivity contribution in [3.63, 3.8) is 0 Å². The van der Waals surface area contributed by atoms with Crippen molar-refractivity contribution in [2.75, 3.05) is 6.61 Å². The van der Waals surface area contributed by atoms with E-state index in [1.807, 2.05) is 6.92 Å². The Morgan fingerprint density at radius 3 is 2.84 bits per heavy atom. The Bertz CT molecular complexity index is 485. The molecular weight excluding hydrogens is 277 g/mol. The zero-order valence-electron chi connectivity index (χ0n) is 10.2. The molecule has 1 aromatic carbocycles. The van der Waals surface area contributed by atoms with Gasteiger partial charge in [0.05, 0.1) is 10.3 Å². The summed E-state index contributed by atoms with van der Waals surface area (Å²) in [5.74, 6) is -0.682. The molecule has 0 N–H and O–H groups in total. The lowest BCUT2D eigenvalue weighted by Crippen LogP contribution is -2.52. The van der Waals surface area contributed by atoms with Crippen LogP contribution < -0.4 is 4.74 Å². The Balaban J connectivity index is 2.04. The molecule has 1 aromatic rings. The van der Waals surface area contributed by atoms with Crippen molar-refractivity contribution in [3.05, 3.63) is 34.1 Å². The van der Waals surface area contributed by atoms with Crippen molar-refractivity contribution < 1.29 is 18.8 Å². The van der Waals surface area contributed by atoms with Crippen LogP contribution in [-0.4, -0.2) is 29.1 Å². The van der Waals surface area contributed by atoms with Crippen LogP contribution in [0.1, 0.15) is 13.3 Å². The third-order valence-electron chi connectivity index (χ3n) is 2.94. The molecule has 0 saturated heterocycles. The largest absolute Gasteiger partial charge is 0.487 e. The monoisotopic (exact) mass is 289 g/mol. The van der Waals surface area contributed by atoms with E-state index in [9.17, 15) is 14.5 Å². The molecule has 3 atom stereocenters. The van der Waals surface area contributed by atoms with Crippen LogP contribution in [-0.2, 0) is 4.74 Å².